The van der Waals surface area contributed by atoms with E-state index >= 15 is 0 Å². The van der Waals surface area contributed by atoms with Crippen molar-refractivity contribution in [2.45, 2.75) is 39.2 Å². The SMILES string of the molecule is Cc1cc(N2CCCC2)ccc1-c1sccc1CN1CCCC1. The lowest BCUT2D eigenvalue weighted by Crippen LogP contribution is -2.18. The first-order valence-corrected chi connectivity index (χ1v) is 9.84. The number of benzene rings is 1. The maximum Gasteiger partial charge on any atom is 0.0390 e. The van der Waals surface area contributed by atoms with Gasteiger partial charge in [0.25, 0.3) is 0 Å². The van der Waals surface area contributed by atoms with Crippen LogP contribution in [0.3, 0.4) is 0 Å². The molecule has 0 bridgehead atoms. The van der Waals surface area contributed by atoms with E-state index in [0.29, 0.717) is 0 Å². The molecule has 3 heterocycles. The first-order valence-electron chi connectivity index (χ1n) is 8.96. The average Bonchev–Trinajstić information content (AvgIpc) is 3.30. The third-order valence-corrected chi connectivity index (χ3v) is 6.26. The van der Waals surface area contributed by atoms with E-state index < -0.39 is 0 Å². The summed E-state index contributed by atoms with van der Waals surface area (Å²) < 4.78 is 0. The largest absolute Gasteiger partial charge is 0.372 e. The topological polar surface area (TPSA) is 6.48 Å². The molecule has 0 unspecified atom stereocenters. The van der Waals surface area contributed by atoms with Crippen molar-refractivity contribution in [2.75, 3.05) is 31.1 Å². The Hall–Kier alpha value is -1.32. The number of thiophene rings is 1. The summed E-state index contributed by atoms with van der Waals surface area (Å²) in [6, 6.07) is 9.39. The van der Waals surface area contributed by atoms with Crippen LogP contribution in [0.1, 0.15) is 36.8 Å². The van der Waals surface area contributed by atoms with E-state index in [-0.39, 0.29) is 0 Å². The Morgan fingerprint density at radius 3 is 2.43 bits per heavy atom. The standard InChI is InChI=1S/C20H26N2S/c1-16-14-18(22-11-4-5-12-22)6-7-19(16)20-17(8-13-23-20)15-21-9-2-3-10-21/h6-8,13-14H,2-5,9-12,15H2,1H3. The molecule has 0 spiro atoms. The fourth-order valence-electron chi connectivity index (χ4n) is 3.95. The van der Waals surface area contributed by atoms with Crippen molar-refractivity contribution in [3.05, 3.63) is 40.8 Å². The van der Waals surface area contributed by atoms with Crippen LogP contribution in [0.4, 0.5) is 5.69 Å². The number of hydrogen-bond donors (Lipinski definition) is 0. The Balaban J connectivity index is 1.59. The highest BCUT2D eigenvalue weighted by molar-refractivity contribution is 7.13. The molecule has 0 aliphatic carbocycles. The van der Waals surface area contributed by atoms with E-state index in [4.69, 9.17) is 0 Å². The summed E-state index contributed by atoms with van der Waals surface area (Å²) in [5.74, 6) is 0. The Morgan fingerprint density at radius 1 is 0.957 bits per heavy atom. The van der Waals surface area contributed by atoms with Gasteiger partial charge < -0.3 is 4.90 Å². The smallest absolute Gasteiger partial charge is 0.0390 e. The third kappa shape index (κ3) is 3.17. The summed E-state index contributed by atoms with van der Waals surface area (Å²) in [5.41, 5.74) is 5.76. The van der Waals surface area contributed by atoms with E-state index in [1.807, 2.05) is 11.3 Å². The summed E-state index contributed by atoms with van der Waals surface area (Å²) in [6.45, 7) is 8.36. The minimum Gasteiger partial charge on any atom is -0.372 e. The van der Waals surface area contributed by atoms with Crippen molar-refractivity contribution >= 4 is 17.0 Å². The lowest BCUT2D eigenvalue weighted by atomic mass is 10.0. The van der Waals surface area contributed by atoms with Gasteiger partial charge >= 0.3 is 0 Å². The molecule has 2 aromatic rings. The third-order valence-electron chi connectivity index (χ3n) is 5.27. The minimum absolute atomic E-state index is 1.12. The number of hydrogen-bond acceptors (Lipinski definition) is 3. The first-order chi connectivity index (χ1) is 11.3. The van der Waals surface area contributed by atoms with Gasteiger partial charge in [-0.25, -0.2) is 0 Å². The molecule has 0 N–H and O–H groups in total. The molecule has 3 heteroatoms. The molecule has 2 saturated heterocycles. The van der Waals surface area contributed by atoms with Crippen LogP contribution >= 0.6 is 11.3 Å². The molecule has 23 heavy (non-hydrogen) atoms. The lowest BCUT2D eigenvalue weighted by molar-refractivity contribution is 0.332. The van der Waals surface area contributed by atoms with E-state index in [1.54, 1.807) is 0 Å². The molecule has 4 rings (SSSR count). The summed E-state index contributed by atoms with van der Waals surface area (Å²) in [5, 5.41) is 2.26. The molecule has 1 aromatic heterocycles. The van der Waals surface area contributed by atoms with Crippen molar-refractivity contribution in [3.63, 3.8) is 0 Å². The predicted molar refractivity (Wildman–Crippen MR) is 100 cm³/mol. The lowest BCUT2D eigenvalue weighted by Gasteiger charge is -2.20. The average molecular weight is 327 g/mol. The number of likely N-dealkylation sites (tertiary alicyclic amines) is 1. The van der Waals surface area contributed by atoms with Crippen molar-refractivity contribution in [1.82, 2.24) is 4.90 Å². The van der Waals surface area contributed by atoms with Crippen LogP contribution in [-0.4, -0.2) is 31.1 Å². The predicted octanol–water partition coefficient (Wildman–Crippen LogP) is 4.92. The van der Waals surface area contributed by atoms with Crippen LogP contribution in [-0.2, 0) is 6.54 Å². The Morgan fingerprint density at radius 2 is 1.70 bits per heavy atom. The van der Waals surface area contributed by atoms with E-state index in [1.165, 1.54) is 79.1 Å². The van der Waals surface area contributed by atoms with E-state index in [9.17, 15) is 0 Å². The quantitative estimate of drug-likeness (QED) is 0.787. The van der Waals surface area contributed by atoms with Gasteiger partial charge in [-0.3, -0.25) is 4.90 Å². The highest BCUT2D eigenvalue weighted by atomic mass is 32.1. The maximum absolute atomic E-state index is 2.60. The molecule has 2 aliphatic heterocycles. The second kappa shape index (κ2) is 6.66. The second-order valence-corrected chi connectivity index (χ2v) is 7.87. The fraction of sp³-hybridized carbons (Fsp3) is 0.500. The van der Waals surface area contributed by atoms with Crippen LogP contribution < -0.4 is 4.90 Å². The molecule has 0 atom stereocenters. The van der Waals surface area contributed by atoms with Gasteiger partial charge in [0, 0.05) is 30.2 Å². The van der Waals surface area contributed by atoms with Gasteiger partial charge in [0.05, 0.1) is 0 Å². The summed E-state index contributed by atoms with van der Waals surface area (Å²) in [6.07, 6.45) is 5.41. The van der Waals surface area contributed by atoms with Crippen molar-refractivity contribution in [1.29, 1.82) is 0 Å². The first kappa shape index (κ1) is 15.2. The Kier molecular flexibility index (Phi) is 4.41. The van der Waals surface area contributed by atoms with Crippen molar-refractivity contribution in [3.8, 4) is 10.4 Å². The molecule has 2 aliphatic rings. The molecule has 0 radical (unpaired) electrons. The minimum atomic E-state index is 1.12. The van der Waals surface area contributed by atoms with E-state index in [0.717, 1.165) is 6.54 Å². The monoisotopic (exact) mass is 326 g/mol. The van der Waals surface area contributed by atoms with Crippen LogP contribution in [0.25, 0.3) is 10.4 Å². The zero-order chi connectivity index (χ0) is 15.6. The van der Waals surface area contributed by atoms with Gasteiger partial charge in [-0.05, 0) is 86.0 Å². The number of aryl methyl sites for hydroxylation is 1. The molecule has 2 nitrogen and oxygen atoms in total. The van der Waals surface area contributed by atoms with Gasteiger partial charge in [0.2, 0.25) is 0 Å². The number of anilines is 1. The van der Waals surface area contributed by atoms with E-state index in [2.05, 4.69) is 46.4 Å². The van der Waals surface area contributed by atoms with Crippen LogP contribution in [0.15, 0.2) is 29.6 Å². The van der Waals surface area contributed by atoms with Gasteiger partial charge in [0.15, 0.2) is 0 Å². The van der Waals surface area contributed by atoms with Gasteiger partial charge in [-0.2, -0.15) is 0 Å². The zero-order valence-corrected chi connectivity index (χ0v) is 14.9. The normalized spacial score (nSPS) is 18.9. The maximum atomic E-state index is 2.60. The molecule has 0 saturated carbocycles. The highest BCUT2D eigenvalue weighted by Crippen LogP contribution is 2.35. The highest BCUT2D eigenvalue weighted by Gasteiger charge is 2.17. The molecule has 122 valence electrons. The van der Waals surface area contributed by atoms with Crippen LogP contribution in [0, 0.1) is 6.92 Å². The van der Waals surface area contributed by atoms with Gasteiger partial charge in [0.1, 0.15) is 0 Å². The van der Waals surface area contributed by atoms with Gasteiger partial charge in [-0.1, -0.05) is 6.07 Å². The summed E-state index contributed by atoms with van der Waals surface area (Å²) in [7, 11) is 0. The molecular formula is C20H26N2S. The van der Waals surface area contributed by atoms with Crippen LogP contribution in [0.2, 0.25) is 0 Å². The number of nitrogens with zero attached hydrogens (tertiary/aromatic N) is 2. The molecule has 2 fully saturated rings. The summed E-state index contributed by atoms with van der Waals surface area (Å²) >= 11 is 1.90. The molecule has 0 amide bonds. The van der Waals surface area contributed by atoms with Crippen LogP contribution in [0.5, 0.6) is 0 Å². The molecular weight excluding hydrogens is 300 g/mol. The summed E-state index contributed by atoms with van der Waals surface area (Å²) in [4.78, 5) is 6.60. The second-order valence-electron chi connectivity index (χ2n) is 6.95. The zero-order valence-electron chi connectivity index (χ0n) is 14.1. The number of rotatable bonds is 4. The molecule has 1 aromatic carbocycles. The van der Waals surface area contributed by atoms with Crippen molar-refractivity contribution < 1.29 is 0 Å². The Labute approximate surface area is 143 Å². The Bertz CT molecular complexity index is 664. The fourth-order valence-corrected chi connectivity index (χ4v) is 4.96. The van der Waals surface area contributed by atoms with Crippen molar-refractivity contribution in [2.24, 2.45) is 0 Å². The van der Waals surface area contributed by atoms with Gasteiger partial charge in [-0.15, -0.1) is 11.3 Å².